The highest BCUT2D eigenvalue weighted by molar-refractivity contribution is 6.34. The Morgan fingerprint density at radius 2 is 1.94 bits per heavy atom. The number of hydrogen-bond acceptors (Lipinski definition) is 3. The summed E-state index contributed by atoms with van der Waals surface area (Å²) in [5.74, 6) is -1.22. The van der Waals surface area contributed by atoms with Gasteiger partial charge in [0.1, 0.15) is 5.82 Å². The normalized spacial score (nSPS) is 17.9. The molecule has 2 aromatic carbocycles. The number of ketones is 1. The predicted molar refractivity (Wildman–Crippen MR) is 128 cm³/mol. The highest BCUT2D eigenvalue weighted by atomic mass is 19.1. The number of rotatable bonds is 5. The van der Waals surface area contributed by atoms with Crippen LogP contribution >= 0.6 is 0 Å². The van der Waals surface area contributed by atoms with Crippen LogP contribution in [0, 0.1) is 18.7 Å². The van der Waals surface area contributed by atoms with Gasteiger partial charge in [0.25, 0.3) is 5.91 Å². The topological polar surface area (TPSA) is 105 Å². The predicted octanol–water partition coefficient (Wildman–Crippen LogP) is 4.43. The van der Waals surface area contributed by atoms with Gasteiger partial charge in [0, 0.05) is 40.2 Å². The summed E-state index contributed by atoms with van der Waals surface area (Å²) in [6.07, 6.45) is 4.46. The summed E-state index contributed by atoms with van der Waals surface area (Å²) >= 11 is 0. The van der Waals surface area contributed by atoms with E-state index < -0.39 is 11.7 Å². The number of aromatic amines is 1. The zero-order valence-electron chi connectivity index (χ0n) is 18.7. The number of nitrogens with one attached hydrogen (secondary N) is 2. The highest BCUT2D eigenvalue weighted by Gasteiger charge is 2.28. The third-order valence-corrected chi connectivity index (χ3v) is 6.82. The van der Waals surface area contributed by atoms with E-state index in [4.69, 9.17) is 5.73 Å². The number of benzene rings is 2. The molecule has 0 spiro atoms. The molecule has 1 unspecified atom stereocenters. The molecule has 172 valence electrons. The van der Waals surface area contributed by atoms with Crippen LogP contribution in [0.25, 0.3) is 11.6 Å². The molecule has 2 amide bonds. The minimum Gasteiger partial charge on any atom is -0.366 e. The van der Waals surface area contributed by atoms with Crippen molar-refractivity contribution in [2.75, 3.05) is 5.32 Å². The SMILES string of the molecule is Cc1c(/C=C2\C(=O)Nc3ccc(F)cc32)[nH]c2c1CCC(CC(=O)c1ccccc1C(N)=O)C2. The zero-order chi connectivity index (χ0) is 24.0. The molecule has 1 atom stereocenters. The van der Waals surface area contributed by atoms with E-state index in [0.29, 0.717) is 35.2 Å². The van der Waals surface area contributed by atoms with Crippen LogP contribution in [0.15, 0.2) is 42.5 Å². The van der Waals surface area contributed by atoms with E-state index >= 15 is 0 Å². The van der Waals surface area contributed by atoms with Gasteiger partial charge in [-0.3, -0.25) is 14.4 Å². The number of carbonyl (C=O) groups excluding carboxylic acids is 3. The van der Waals surface area contributed by atoms with E-state index in [0.717, 1.165) is 29.8 Å². The molecular weight excluding hydrogens is 433 g/mol. The molecule has 0 saturated heterocycles. The van der Waals surface area contributed by atoms with Gasteiger partial charge in [-0.15, -0.1) is 0 Å². The van der Waals surface area contributed by atoms with Crippen molar-refractivity contribution in [3.8, 4) is 0 Å². The van der Waals surface area contributed by atoms with Gasteiger partial charge in [-0.05, 0) is 73.6 Å². The molecule has 2 heterocycles. The fraction of sp³-hybridized carbons (Fsp3) is 0.222. The summed E-state index contributed by atoms with van der Waals surface area (Å²) in [4.78, 5) is 40.6. The Hall–Kier alpha value is -4.00. The zero-order valence-corrected chi connectivity index (χ0v) is 18.7. The van der Waals surface area contributed by atoms with Crippen molar-refractivity contribution in [3.05, 3.63) is 87.5 Å². The van der Waals surface area contributed by atoms with Crippen LogP contribution < -0.4 is 11.1 Å². The first-order chi connectivity index (χ1) is 16.3. The quantitative estimate of drug-likeness (QED) is 0.390. The van der Waals surface area contributed by atoms with Gasteiger partial charge in [0.15, 0.2) is 5.78 Å². The number of Topliss-reactive ketones (excluding diaryl/α,β-unsaturated/α-hetero) is 1. The van der Waals surface area contributed by atoms with Crippen molar-refractivity contribution in [1.82, 2.24) is 4.98 Å². The van der Waals surface area contributed by atoms with Crippen LogP contribution in [-0.4, -0.2) is 22.6 Å². The van der Waals surface area contributed by atoms with Gasteiger partial charge in [0.05, 0.1) is 5.57 Å². The van der Waals surface area contributed by atoms with E-state index in [-0.39, 0.29) is 23.2 Å². The van der Waals surface area contributed by atoms with Gasteiger partial charge < -0.3 is 16.0 Å². The molecule has 5 rings (SSSR count). The molecular formula is C27H24FN3O3. The number of carbonyl (C=O) groups is 3. The summed E-state index contributed by atoms with van der Waals surface area (Å²) in [6.45, 7) is 2.01. The number of hydrogen-bond donors (Lipinski definition) is 3. The molecule has 0 saturated carbocycles. The Labute approximate surface area is 196 Å². The average molecular weight is 458 g/mol. The first-order valence-electron chi connectivity index (χ1n) is 11.3. The maximum Gasteiger partial charge on any atom is 0.256 e. The number of aromatic nitrogens is 1. The summed E-state index contributed by atoms with van der Waals surface area (Å²) in [5.41, 5.74) is 11.7. The van der Waals surface area contributed by atoms with Crippen LogP contribution in [0.4, 0.5) is 10.1 Å². The van der Waals surface area contributed by atoms with Crippen molar-refractivity contribution in [1.29, 1.82) is 0 Å². The first kappa shape index (κ1) is 21.8. The van der Waals surface area contributed by atoms with Crippen LogP contribution in [0.5, 0.6) is 0 Å². The van der Waals surface area contributed by atoms with Crippen molar-refractivity contribution in [2.45, 2.75) is 32.6 Å². The Kier molecular flexibility index (Phi) is 5.40. The van der Waals surface area contributed by atoms with Gasteiger partial charge in [-0.25, -0.2) is 4.39 Å². The Morgan fingerprint density at radius 3 is 2.71 bits per heavy atom. The Morgan fingerprint density at radius 1 is 1.18 bits per heavy atom. The van der Waals surface area contributed by atoms with Crippen LogP contribution in [0.3, 0.4) is 0 Å². The van der Waals surface area contributed by atoms with Crippen molar-refractivity contribution in [2.24, 2.45) is 11.7 Å². The summed E-state index contributed by atoms with van der Waals surface area (Å²) < 4.78 is 13.8. The molecule has 7 heteroatoms. The van der Waals surface area contributed by atoms with Gasteiger partial charge >= 0.3 is 0 Å². The number of amides is 2. The minimum absolute atomic E-state index is 0.0882. The average Bonchev–Trinajstić information content (AvgIpc) is 3.29. The standard InChI is InChI=1S/C27H24FN3O3/c1-14-17-8-6-15(11-25(32)18-4-2-3-5-19(18)26(29)33)10-24(17)30-23(14)13-21-20-12-16(28)7-9-22(20)31-27(21)34/h2-5,7,9,12-13,15,30H,6,8,10-11H2,1H3,(H2,29,33)(H,31,34)/b21-13-. The van der Waals surface area contributed by atoms with Gasteiger partial charge in [-0.1, -0.05) is 18.2 Å². The Bertz CT molecular complexity index is 1390. The van der Waals surface area contributed by atoms with Crippen LogP contribution in [0.2, 0.25) is 0 Å². The number of anilines is 1. The highest BCUT2D eigenvalue weighted by Crippen LogP contribution is 2.36. The summed E-state index contributed by atoms with van der Waals surface area (Å²) in [6, 6.07) is 10.9. The second-order valence-corrected chi connectivity index (χ2v) is 8.97. The molecule has 3 aromatic rings. The fourth-order valence-corrected chi connectivity index (χ4v) is 5.05. The first-order valence-corrected chi connectivity index (χ1v) is 11.3. The number of nitrogens with two attached hydrogens (primary N) is 1. The van der Waals surface area contributed by atoms with Crippen molar-refractivity contribution >= 4 is 34.9 Å². The molecule has 6 nitrogen and oxygen atoms in total. The second-order valence-electron chi connectivity index (χ2n) is 8.97. The van der Waals surface area contributed by atoms with E-state index in [1.165, 1.54) is 17.7 Å². The minimum atomic E-state index is -0.607. The lowest BCUT2D eigenvalue weighted by Gasteiger charge is -2.22. The maximum atomic E-state index is 13.8. The largest absolute Gasteiger partial charge is 0.366 e. The van der Waals surface area contributed by atoms with E-state index in [1.807, 2.05) is 6.92 Å². The van der Waals surface area contributed by atoms with Crippen molar-refractivity contribution < 1.29 is 18.8 Å². The third-order valence-electron chi connectivity index (χ3n) is 6.82. The summed E-state index contributed by atoms with van der Waals surface area (Å²) in [5, 5.41) is 2.77. The fourth-order valence-electron chi connectivity index (χ4n) is 5.05. The molecule has 1 aliphatic carbocycles. The van der Waals surface area contributed by atoms with E-state index in [2.05, 4.69) is 10.3 Å². The smallest absolute Gasteiger partial charge is 0.256 e. The molecule has 0 fully saturated rings. The van der Waals surface area contributed by atoms with Crippen LogP contribution in [0.1, 0.15) is 61.6 Å². The van der Waals surface area contributed by atoms with Crippen molar-refractivity contribution in [3.63, 3.8) is 0 Å². The number of halogens is 1. The second kappa shape index (κ2) is 8.41. The lowest BCUT2D eigenvalue weighted by molar-refractivity contribution is -0.110. The number of fused-ring (bicyclic) bond motifs is 2. The third kappa shape index (κ3) is 3.83. The maximum absolute atomic E-state index is 13.8. The lowest BCUT2D eigenvalue weighted by atomic mass is 9.82. The molecule has 1 aromatic heterocycles. The Balaban J connectivity index is 1.38. The summed E-state index contributed by atoms with van der Waals surface area (Å²) in [7, 11) is 0. The molecule has 0 bridgehead atoms. The lowest BCUT2D eigenvalue weighted by Crippen LogP contribution is -2.20. The monoisotopic (exact) mass is 457 g/mol. The van der Waals surface area contributed by atoms with Crippen LogP contribution in [-0.2, 0) is 17.6 Å². The number of primary amides is 1. The molecule has 2 aliphatic rings. The molecule has 0 radical (unpaired) electrons. The molecule has 1 aliphatic heterocycles. The van der Waals surface area contributed by atoms with E-state index in [9.17, 15) is 18.8 Å². The van der Waals surface area contributed by atoms with Gasteiger partial charge in [-0.2, -0.15) is 0 Å². The molecule has 34 heavy (non-hydrogen) atoms. The van der Waals surface area contributed by atoms with Gasteiger partial charge in [0.2, 0.25) is 5.91 Å². The molecule has 4 N–H and O–H groups in total. The number of H-pyrrole nitrogens is 1. The van der Waals surface area contributed by atoms with E-state index in [1.54, 1.807) is 36.4 Å².